The molecule has 0 aromatic heterocycles. The molecule has 2 amide bonds. The molecule has 2 atom stereocenters. The zero-order chi connectivity index (χ0) is 17.7. The molecule has 1 aromatic carbocycles. The van der Waals surface area contributed by atoms with Gasteiger partial charge in [0.1, 0.15) is 6.10 Å². The van der Waals surface area contributed by atoms with Crippen LogP contribution in [0.25, 0.3) is 0 Å². The van der Waals surface area contributed by atoms with Crippen molar-refractivity contribution in [2.45, 2.75) is 39.9 Å². The lowest BCUT2D eigenvalue weighted by Crippen LogP contribution is -2.51. The van der Waals surface area contributed by atoms with E-state index in [2.05, 4.69) is 19.2 Å². The molecule has 1 aliphatic heterocycles. The minimum absolute atomic E-state index is 0.00583. The van der Waals surface area contributed by atoms with Gasteiger partial charge in [0.25, 0.3) is 0 Å². The van der Waals surface area contributed by atoms with Gasteiger partial charge in [0.2, 0.25) is 11.8 Å². The monoisotopic (exact) mass is 332 g/mol. The van der Waals surface area contributed by atoms with Gasteiger partial charge in [-0.15, -0.1) is 0 Å². The quantitative estimate of drug-likeness (QED) is 0.901. The van der Waals surface area contributed by atoms with Gasteiger partial charge < -0.3 is 15.0 Å². The molecular formula is C19H28N2O3. The van der Waals surface area contributed by atoms with E-state index < -0.39 is 0 Å². The summed E-state index contributed by atoms with van der Waals surface area (Å²) in [7, 11) is 0. The smallest absolute Gasteiger partial charge is 0.242 e. The standard InChI is InChI=1S/C19H28N2O3/c1-13(2)16-11-21(18(22)10-20-19(23)14(3)4)12-17(24-16)15-8-6-5-7-9-15/h5-9,13-14,16-17H,10-12H2,1-4H3,(H,20,23)/t16-,17+/m1/s1. The predicted molar refractivity (Wildman–Crippen MR) is 93.3 cm³/mol. The second-order valence-electron chi connectivity index (χ2n) is 6.99. The Bertz CT molecular complexity index is 557. The van der Waals surface area contributed by atoms with Crippen LogP contribution in [0.15, 0.2) is 30.3 Å². The second kappa shape index (κ2) is 8.29. The number of rotatable bonds is 5. The summed E-state index contributed by atoms with van der Waals surface area (Å²) in [5, 5.41) is 2.71. The van der Waals surface area contributed by atoms with Crippen LogP contribution in [0.2, 0.25) is 0 Å². The van der Waals surface area contributed by atoms with E-state index in [0.717, 1.165) is 5.56 Å². The van der Waals surface area contributed by atoms with Gasteiger partial charge >= 0.3 is 0 Å². The summed E-state index contributed by atoms with van der Waals surface area (Å²) in [6.07, 6.45) is -0.134. The lowest BCUT2D eigenvalue weighted by atomic mass is 10.0. The zero-order valence-corrected chi connectivity index (χ0v) is 15.0. The molecule has 1 heterocycles. The van der Waals surface area contributed by atoms with Crippen LogP contribution in [-0.2, 0) is 14.3 Å². The maximum absolute atomic E-state index is 12.5. The summed E-state index contributed by atoms with van der Waals surface area (Å²) in [6.45, 7) is 8.95. The second-order valence-corrected chi connectivity index (χ2v) is 6.99. The Kier molecular flexibility index (Phi) is 6.37. The largest absolute Gasteiger partial charge is 0.366 e. The van der Waals surface area contributed by atoms with Crippen molar-refractivity contribution in [3.63, 3.8) is 0 Å². The number of carbonyl (C=O) groups is 2. The molecule has 0 spiro atoms. The van der Waals surface area contributed by atoms with Crippen LogP contribution >= 0.6 is 0 Å². The van der Waals surface area contributed by atoms with Crippen molar-refractivity contribution in [1.82, 2.24) is 10.2 Å². The van der Waals surface area contributed by atoms with Gasteiger partial charge in [-0.3, -0.25) is 9.59 Å². The number of benzene rings is 1. The molecule has 1 aliphatic rings. The molecule has 0 aliphatic carbocycles. The van der Waals surface area contributed by atoms with E-state index in [-0.39, 0.29) is 36.5 Å². The highest BCUT2D eigenvalue weighted by Crippen LogP contribution is 2.28. The molecule has 0 radical (unpaired) electrons. The first-order valence-electron chi connectivity index (χ1n) is 8.64. The van der Waals surface area contributed by atoms with E-state index >= 15 is 0 Å². The van der Waals surface area contributed by atoms with Crippen LogP contribution in [-0.4, -0.2) is 42.5 Å². The van der Waals surface area contributed by atoms with Gasteiger partial charge in [-0.1, -0.05) is 58.0 Å². The predicted octanol–water partition coefficient (Wildman–Crippen LogP) is 2.38. The molecule has 2 rings (SSSR count). The number of hydrogen-bond acceptors (Lipinski definition) is 3. The van der Waals surface area contributed by atoms with Gasteiger partial charge in [0, 0.05) is 12.5 Å². The molecule has 24 heavy (non-hydrogen) atoms. The van der Waals surface area contributed by atoms with Gasteiger partial charge in [0.15, 0.2) is 0 Å². The minimum atomic E-state index is -0.128. The third kappa shape index (κ3) is 4.81. The van der Waals surface area contributed by atoms with Crippen LogP contribution in [0.4, 0.5) is 0 Å². The summed E-state index contributed by atoms with van der Waals surface area (Å²) in [5.41, 5.74) is 1.08. The molecule has 132 valence electrons. The van der Waals surface area contributed by atoms with Crippen LogP contribution in [0, 0.1) is 11.8 Å². The SMILES string of the molecule is CC(C)C(=O)NCC(=O)N1C[C@@H](c2ccccc2)O[C@@H](C(C)C)C1. The number of amides is 2. The number of nitrogens with zero attached hydrogens (tertiary/aromatic N) is 1. The fourth-order valence-corrected chi connectivity index (χ4v) is 2.69. The number of nitrogens with one attached hydrogen (secondary N) is 1. The van der Waals surface area contributed by atoms with Gasteiger partial charge in [-0.05, 0) is 11.5 Å². The first-order valence-corrected chi connectivity index (χ1v) is 8.64. The van der Waals surface area contributed by atoms with Crippen LogP contribution in [0.3, 0.4) is 0 Å². The van der Waals surface area contributed by atoms with Crippen molar-refractivity contribution in [1.29, 1.82) is 0 Å². The highest BCUT2D eigenvalue weighted by atomic mass is 16.5. The Morgan fingerprint density at radius 2 is 1.83 bits per heavy atom. The number of carbonyl (C=O) groups excluding carboxylic acids is 2. The first-order chi connectivity index (χ1) is 11.4. The van der Waals surface area contributed by atoms with E-state index in [1.807, 2.05) is 49.1 Å². The maximum Gasteiger partial charge on any atom is 0.242 e. The summed E-state index contributed by atoms with van der Waals surface area (Å²) in [6, 6.07) is 9.98. The molecule has 0 bridgehead atoms. The van der Waals surface area contributed by atoms with Gasteiger partial charge in [-0.25, -0.2) is 0 Å². The molecule has 1 aromatic rings. The van der Waals surface area contributed by atoms with Crippen molar-refractivity contribution in [2.75, 3.05) is 19.6 Å². The lowest BCUT2D eigenvalue weighted by Gasteiger charge is -2.40. The average molecular weight is 332 g/mol. The average Bonchev–Trinajstić information content (AvgIpc) is 2.59. The normalized spacial score (nSPS) is 21.2. The molecule has 0 unspecified atom stereocenters. The fourth-order valence-electron chi connectivity index (χ4n) is 2.69. The molecule has 5 heteroatoms. The molecule has 5 nitrogen and oxygen atoms in total. The topological polar surface area (TPSA) is 58.6 Å². The lowest BCUT2D eigenvalue weighted by molar-refractivity contribution is -0.150. The van der Waals surface area contributed by atoms with Crippen molar-refractivity contribution >= 4 is 11.8 Å². The third-order valence-corrected chi connectivity index (χ3v) is 4.33. The Balaban J connectivity index is 2.05. The van der Waals surface area contributed by atoms with E-state index in [9.17, 15) is 9.59 Å². The molecular weight excluding hydrogens is 304 g/mol. The van der Waals surface area contributed by atoms with Crippen LogP contribution < -0.4 is 5.32 Å². The van der Waals surface area contributed by atoms with Crippen molar-refractivity contribution in [3.05, 3.63) is 35.9 Å². The minimum Gasteiger partial charge on any atom is -0.366 e. The zero-order valence-electron chi connectivity index (χ0n) is 15.0. The van der Waals surface area contributed by atoms with Crippen LogP contribution in [0.5, 0.6) is 0 Å². The van der Waals surface area contributed by atoms with Crippen molar-refractivity contribution in [3.8, 4) is 0 Å². The van der Waals surface area contributed by atoms with E-state index in [4.69, 9.17) is 4.74 Å². The van der Waals surface area contributed by atoms with Crippen LogP contribution in [0.1, 0.15) is 39.4 Å². The number of ether oxygens (including phenoxy) is 1. The summed E-state index contributed by atoms with van der Waals surface area (Å²) in [4.78, 5) is 26.0. The van der Waals surface area contributed by atoms with Gasteiger partial charge in [0.05, 0.1) is 19.2 Å². The Hall–Kier alpha value is -1.88. The van der Waals surface area contributed by atoms with Crippen molar-refractivity contribution in [2.24, 2.45) is 11.8 Å². The highest BCUT2D eigenvalue weighted by molar-refractivity contribution is 5.85. The highest BCUT2D eigenvalue weighted by Gasteiger charge is 2.32. The summed E-state index contributed by atoms with van der Waals surface area (Å²) >= 11 is 0. The molecule has 1 saturated heterocycles. The first kappa shape index (κ1) is 18.5. The van der Waals surface area contributed by atoms with Crippen molar-refractivity contribution < 1.29 is 14.3 Å². The van der Waals surface area contributed by atoms with E-state index in [0.29, 0.717) is 19.0 Å². The molecule has 1 fully saturated rings. The Morgan fingerprint density at radius 1 is 1.17 bits per heavy atom. The molecule has 0 saturated carbocycles. The number of hydrogen-bond donors (Lipinski definition) is 1. The van der Waals surface area contributed by atoms with E-state index in [1.54, 1.807) is 0 Å². The third-order valence-electron chi connectivity index (χ3n) is 4.33. The van der Waals surface area contributed by atoms with E-state index in [1.165, 1.54) is 0 Å². The maximum atomic E-state index is 12.5. The fraction of sp³-hybridized carbons (Fsp3) is 0.579. The Morgan fingerprint density at radius 3 is 2.42 bits per heavy atom. The summed E-state index contributed by atoms with van der Waals surface area (Å²) < 4.78 is 6.20. The molecule has 1 N–H and O–H groups in total. The van der Waals surface area contributed by atoms with Gasteiger partial charge in [-0.2, -0.15) is 0 Å². The Labute approximate surface area is 144 Å². The number of morpholine rings is 1. The summed E-state index contributed by atoms with van der Waals surface area (Å²) in [5.74, 6) is 0.0375.